The molecule has 0 amide bonds. The molecule has 4 heteroatoms. The highest BCUT2D eigenvalue weighted by Gasteiger charge is 2.51. The van der Waals surface area contributed by atoms with Crippen LogP contribution in [-0.2, 0) is 10.8 Å². The average Bonchev–Trinajstić information content (AvgIpc) is 3.43. The van der Waals surface area contributed by atoms with Gasteiger partial charge < -0.3 is 9.64 Å². The SMILES string of the molecule is Cc1nc2ccccc2n1-c1ccc(N2c3ccccc3C3(c4ccccc4Oc4ccccc43)c3ccccc32)cc1C(C)(C)C. The van der Waals surface area contributed by atoms with Gasteiger partial charge in [0, 0.05) is 16.8 Å². The Morgan fingerprint density at radius 3 is 1.72 bits per heavy atom. The zero-order chi connectivity index (χ0) is 31.9. The van der Waals surface area contributed by atoms with Gasteiger partial charge in [-0.15, -0.1) is 0 Å². The average molecular weight is 610 g/mol. The standard InChI is InChI=1S/C43H35N3O/c1-28-44-35-19-9-12-22-39(35)45(28)38-26-25-29(27-34(38)42(2,3)4)46-36-20-10-5-15-30(36)43(31-16-6-11-21-37(31)46)32-17-7-13-23-40(32)47-41-24-14-8-18-33(41)43/h5-27H,1-4H3. The van der Waals surface area contributed by atoms with Gasteiger partial charge >= 0.3 is 0 Å². The summed E-state index contributed by atoms with van der Waals surface area (Å²) in [5.41, 5.74) is 12.1. The summed E-state index contributed by atoms with van der Waals surface area (Å²) in [5, 5.41) is 0. The number of para-hydroxylation sites is 6. The predicted molar refractivity (Wildman–Crippen MR) is 191 cm³/mol. The molecule has 47 heavy (non-hydrogen) atoms. The molecule has 0 radical (unpaired) electrons. The molecule has 4 nitrogen and oxygen atoms in total. The van der Waals surface area contributed by atoms with Crippen molar-refractivity contribution in [3.05, 3.63) is 173 Å². The first-order valence-electron chi connectivity index (χ1n) is 16.3. The highest BCUT2D eigenvalue weighted by molar-refractivity contribution is 5.91. The Morgan fingerprint density at radius 2 is 1.11 bits per heavy atom. The summed E-state index contributed by atoms with van der Waals surface area (Å²) >= 11 is 0. The number of fused-ring (bicyclic) bond motifs is 9. The Balaban J connectivity index is 1.33. The molecule has 1 aromatic heterocycles. The second-order valence-corrected chi connectivity index (χ2v) is 13.6. The zero-order valence-corrected chi connectivity index (χ0v) is 27.0. The molecule has 3 heterocycles. The molecule has 0 saturated heterocycles. The number of benzene rings is 6. The first kappa shape index (κ1) is 27.7. The van der Waals surface area contributed by atoms with E-state index in [2.05, 4.69) is 177 Å². The Bertz CT molecular complexity index is 2260. The van der Waals surface area contributed by atoms with Crippen molar-refractivity contribution in [2.75, 3.05) is 4.90 Å². The minimum atomic E-state index is -0.547. The van der Waals surface area contributed by atoms with Crippen LogP contribution in [0.5, 0.6) is 11.5 Å². The fraction of sp³-hybridized carbons (Fsp3) is 0.140. The van der Waals surface area contributed by atoms with Gasteiger partial charge in [0.2, 0.25) is 0 Å². The number of rotatable bonds is 2. The summed E-state index contributed by atoms with van der Waals surface area (Å²) < 4.78 is 8.88. The number of ether oxygens (including phenoxy) is 1. The topological polar surface area (TPSA) is 30.3 Å². The molecule has 0 aliphatic carbocycles. The number of hydrogen-bond donors (Lipinski definition) is 0. The van der Waals surface area contributed by atoms with Crippen molar-refractivity contribution < 1.29 is 4.74 Å². The first-order chi connectivity index (χ1) is 22.9. The van der Waals surface area contributed by atoms with Crippen LogP contribution in [0.25, 0.3) is 16.7 Å². The van der Waals surface area contributed by atoms with Crippen LogP contribution >= 0.6 is 0 Å². The minimum absolute atomic E-state index is 0.127. The minimum Gasteiger partial charge on any atom is -0.457 e. The normalized spacial score (nSPS) is 14.3. The summed E-state index contributed by atoms with van der Waals surface area (Å²) in [6.45, 7) is 8.99. The van der Waals surface area contributed by atoms with E-state index in [-0.39, 0.29) is 5.41 Å². The third-order valence-corrected chi connectivity index (χ3v) is 9.92. The third-order valence-electron chi connectivity index (χ3n) is 9.92. The van der Waals surface area contributed by atoms with Gasteiger partial charge in [-0.25, -0.2) is 4.98 Å². The molecule has 0 saturated carbocycles. The summed E-state index contributed by atoms with van der Waals surface area (Å²) in [4.78, 5) is 7.36. The van der Waals surface area contributed by atoms with Crippen molar-refractivity contribution in [2.24, 2.45) is 0 Å². The fourth-order valence-corrected chi connectivity index (χ4v) is 8.01. The summed E-state index contributed by atoms with van der Waals surface area (Å²) in [7, 11) is 0. The Labute approximate surface area is 275 Å². The van der Waals surface area contributed by atoms with Crippen LogP contribution in [0, 0.1) is 6.92 Å². The number of aromatic nitrogens is 2. The van der Waals surface area contributed by atoms with Gasteiger partial charge in [0.05, 0.1) is 33.5 Å². The highest BCUT2D eigenvalue weighted by Crippen LogP contribution is 2.62. The molecule has 2 aliphatic rings. The molecule has 9 rings (SSSR count). The van der Waals surface area contributed by atoms with E-state index in [1.807, 2.05) is 0 Å². The molecule has 0 unspecified atom stereocenters. The molecule has 0 atom stereocenters. The maximum atomic E-state index is 6.57. The number of nitrogens with zero attached hydrogens (tertiary/aromatic N) is 3. The van der Waals surface area contributed by atoms with Crippen LogP contribution in [0.1, 0.15) is 54.4 Å². The van der Waals surface area contributed by atoms with Crippen LogP contribution in [0.2, 0.25) is 0 Å². The number of imidazole rings is 1. The molecule has 0 fully saturated rings. The van der Waals surface area contributed by atoms with E-state index < -0.39 is 5.41 Å². The molecule has 2 aliphatic heterocycles. The maximum absolute atomic E-state index is 6.57. The molecule has 228 valence electrons. The molecule has 6 aromatic carbocycles. The van der Waals surface area contributed by atoms with Crippen molar-refractivity contribution in [1.82, 2.24) is 9.55 Å². The largest absolute Gasteiger partial charge is 0.457 e. The van der Waals surface area contributed by atoms with E-state index in [4.69, 9.17) is 9.72 Å². The van der Waals surface area contributed by atoms with Gasteiger partial charge in [-0.05, 0) is 83.6 Å². The Hall–Kier alpha value is -5.61. The lowest BCUT2D eigenvalue weighted by Gasteiger charge is -2.48. The summed E-state index contributed by atoms with van der Waals surface area (Å²) in [5.74, 6) is 2.77. The smallest absolute Gasteiger partial charge is 0.132 e. The zero-order valence-electron chi connectivity index (χ0n) is 27.0. The van der Waals surface area contributed by atoms with Crippen molar-refractivity contribution in [3.63, 3.8) is 0 Å². The third kappa shape index (κ3) is 3.85. The van der Waals surface area contributed by atoms with Crippen LogP contribution in [0.3, 0.4) is 0 Å². The first-order valence-corrected chi connectivity index (χ1v) is 16.3. The van der Waals surface area contributed by atoms with E-state index in [1.165, 1.54) is 16.7 Å². The van der Waals surface area contributed by atoms with Crippen LogP contribution < -0.4 is 9.64 Å². The van der Waals surface area contributed by atoms with Gasteiger partial charge in [-0.3, -0.25) is 4.57 Å². The van der Waals surface area contributed by atoms with Crippen molar-refractivity contribution >= 4 is 28.1 Å². The second kappa shape index (κ2) is 9.94. The van der Waals surface area contributed by atoms with Crippen LogP contribution in [0.4, 0.5) is 17.1 Å². The van der Waals surface area contributed by atoms with E-state index >= 15 is 0 Å². The second-order valence-electron chi connectivity index (χ2n) is 13.6. The van der Waals surface area contributed by atoms with Crippen molar-refractivity contribution in [3.8, 4) is 17.2 Å². The van der Waals surface area contributed by atoms with Gasteiger partial charge in [0.1, 0.15) is 17.3 Å². The fourth-order valence-electron chi connectivity index (χ4n) is 8.01. The highest BCUT2D eigenvalue weighted by atomic mass is 16.5. The lowest BCUT2D eigenvalue weighted by molar-refractivity contribution is 0.434. The number of aryl methyl sites for hydroxylation is 1. The maximum Gasteiger partial charge on any atom is 0.132 e. The van der Waals surface area contributed by atoms with Crippen LogP contribution in [-0.4, -0.2) is 9.55 Å². The molecular formula is C43H35N3O. The van der Waals surface area contributed by atoms with Crippen molar-refractivity contribution in [1.29, 1.82) is 0 Å². The Kier molecular flexibility index (Phi) is 5.86. The molecule has 0 bridgehead atoms. The van der Waals surface area contributed by atoms with Gasteiger partial charge in [0.25, 0.3) is 0 Å². The van der Waals surface area contributed by atoms with E-state index in [0.717, 1.165) is 62.2 Å². The molecule has 1 spiro atoms. The van der Waals surface area contributed by atoms with E-state index in [1.54, 1.807) is 0 Å². The lowest BCUT2D eigenvalue weighted by Crippen LogP contribution is -2.39. The van der Waals surface area contributed by atoms with E-state index in [9.17, 15) is 0 Å². The Morgan fingerprint density at radius 1 is 0.574 bits per heavy atom. The quantitative estimate of drug-likeness (QED) is 0.195. The number of anilines is 3. The van der Waals surface area contributed by atoms with Gasteiger partial charge in [0.15, 0.2) is 0 Å². The molecule has 0 N–H and O–H groups in total. The monoisotopic (exact) mass is 609 g/mol. The predicted octanol–water partition coefficient (Wildman–Crippen LogP) is 10.9. The summed E-state index contributed by atoms with van der Waals surface area (Å²) in [6.07, 6.45) is 0. The van der Waals surface area contributed by atoms with Crippen molar-refractivity contribution in [2.45, 2.75) is 38.5 Å². The molecule has 7 aromatic rings. The van der Waals surface area contributed by atoms with Gasteiger partial charge in [-0.2, -0.15) is 0 Å². The number of hydrogen-bond acceptors (Lipinski definition) is 3. The van der Waals surface area contributed by atoms with Gasteiger partial charge in [-0.1, -0.05) is 106 Å². The van der Waals surface area contributed by atoms with Crippen LogP contribution in [0.15, 0.2) is 140 Å². The molecular weight excluding hydrogens is 574 g/mol. The lowest BCUT2D eigenvalue weighted by atomic mass is 9.61. The van der Waals surface area contributed by atoms with E-state index in [0.29, 0.717) is 0 Å². The summed E-state index contributed by atoms with van der Waals surface area (Å²) in [6, 6.07) is 50.2.